The van der Waals surface area contributed by atoms with Crippen LogP contribution in [0.4, 0.5) is 11.5 Å². The molecule has 49 heavy (non-hydrogen) atoms. The highest BCUT2D eigenvalue weighted by Crippen LogP contribution is 2.50. The molecule has 0 fully saturated rings. The number of para-hydroxylation sites is 3. The van der Waals surface area contributed by atoms with Gasteiger partial charge in [-0.2, -0.15) is 0 Å². The molecule has 0 saturated heterocycles. The third-order valence-corrected chi connectivity index (χ3v) is 10.9. The molecule has 6 aromatic carbocycles. The van der Waals surface area contributed by atoms with Crippen molar-refractivity contribution in [2.45, 2.75) is 12.1 Å². The first-order valence-electron chi connectivity index (χ1n) is 16.9. The monoisotopic (exact) mass is 628 g/mol. The van der Waals surface area contributed by atoms with E-state index in [4.69, 9.17) is 4.42 Å². The normalized spacial score (nSPS) is 17.1. The van der Waals surface area contributed by atoms with Crippen LogP contribution < -0.4 is 10.6 Å². The van der Waals surface area contributed by atoms with Gasteiger partial charge >= 0.3 is 0 Å². The first-order chi connectivity index (χ1) is 24.3. The van der Waals surface area contributed by atoms with Gasteiger partial charge in [-0.3, -0.25) is 4.40 Å². The lowest BCUT2D eigenvalue weighted by Crippen LogP contribution is -2.41. The van der Waals surface area contributed by atoms with Gasteiger partial charge in [-0.25, -0.2) is 0 Å². The van der Waals surface area contributed by atoms with Gasteiger partial charge in [0.25, 0.3) is 0 Å². The fourth-order valence-electron chi connectivity index (χ4n) is 8.76. The molecule has 10 aromatic rings. The average Bonchev–Trinajstić information content (AvgIpc) is 3.89. The number of hydrogen-bond donors (Lipinski definition) is 2. The number of fused-ring (bicyclic) bond motifs is 14. The molecule has 2 atom stereocenters. The molecule has 0 spiro atoms. The van der Waals surface area contributed by atoms with Gasteiger partial charge in [0, 0.05) is 38.0 Å². The Labute approximate surface area is 280 Å². The predicted molar refractivity (Wildman–Crippen MR) is 204 cm³/mol. The van der Waals surface area contributed by atoms with E-state index in [1.54, 1.807) is 0 Å². The highest BCUT2D eigenvalue weighted by molar-refractivity contribution is 6.29. The average molecular weight is 629 g/mol. The number of hydrogen-bond acceptors (Lipinski definition) is 3. The molecular formula is C44H28N4O. The maximum Gasteiger partial charge on any atom is 0.137 e. The smallest absolute Gasteiger partial charge is 0.137 e. The lowest BCUT2D eigenvalue weighted by Gasteiger charge is -2.33. The van der Waals surface area contributed by atoms with Gasteiger partial charge in [0.15, 0.2) is 0 Å². The van der Waals surface area contributed by atoms with Crippen molar-refractivity contribution in [1.82, 2.24) is 8.97 Å². The molecule has 12 rings (SSSR count). The van der Waals surface area contributed by atoms with Gasteiger partial charge in [0.2, 0.25) is 0 Å². The van der Waals surface area contributed by atoms with E-state index < -0.39 is 0 Å². The molecule has 0 bridgehead atoms. The second-order valence-electron chi connectivity index (χ2n) is 13.4. The van der Waals surface area contributed by atoms with E-state index in [0.29, 0.717) is 0 Å². The maximum atomic E-state index is 6.41. The SMILES string of the molecule is C1=CC2Nc3c(n4c5c3cc(-c3ccc6c7ccccc7n(-c7ccccc7)c6c3)cc5c3ccc5oc6ccccc6c5c34)NC2C=C1. The summed E-state index contributed by atoms with van der Waals surface area (Å²) in [4.78, 5) is 0. The van der Waals surface area contributed by atoms with Gasteiger partial charge in [-0.05, 0) is 65.7 Å². The Balaban J connectivity index is 1.19. The van der Waals surface area contributed by atoms with Crippen LogP contribution in [0.5, 0.6) is 0 Å². The Kier molecular flexibility index (Phi) is 4.76. The molecule has 4 aromatic heterocycles. The van der Waals surface area contributed by atoms with E-state index in [1.807, 2.05) is 6.07 Å². The topological polar surface area (TPSA) is 46.5 Å². The van der Waals surface area contributed by atoms with Crippen molar-refractivity contribution in [3.05, 3.63) is 146 Å². The molecule has 5 heteroatoms. The number of aromatic nitrogens is 2. The van der Waals surface area contributed by atoms with E-state index in [9.17, 15) is 0 Å². The summed E-state index contributed by atoms with van der Waals surface area (Å²) < 4.78 is 11.3. The Morgan fingerprint density at radius 3 is 2.14 bits per heavy atom. The Morgan fingerprint density at radius 1 is 0.510 bits per heavy atom. The number of anilines is 2. The summed E-state index contributed by atoms with van der Waals surface area (Å²) in [7, 11) is 0. The molecular weight excluding hydrogens is 601 g/mol. The summed E-state index contributed by atoms with van der Waals surface area (Å²) in [5.41, 5.74) is 11.3. The van der Waals surface area contributed by atoms with Crippen LogP contribution in [0.2, 0.25) is 0 Å². The summed E-state index contributed by atoms with van der Waals surface area (Å²) in [5.74, 6) is 1.10. The molecule has 0 radical (unpaired) electrons. The van der Waals surface area contributed by atoms with E-state index in [-0.39, 0.29) is 12.1 Å². The number of furan rings is 1. The van der Waals surface area contributed by atoms with Crippen LogP contribution in [-0.4, -0.2) is 21.1 Å². The van der Waals surface area contributed by atoms with Gasteiger partial charge < -0.3 is 19.6 Å². The van der Waals surface area contributed by atoms with E-state index in [2.05, 4.69) is 159 Å². The molecule has 1 aliphatic heterocycles. The molecule has 2 unspecified atom stereocenters. The van der Waals surface area contributed by atoms with Crippen LogP contribution in [0.15, 0.2) is 150 Å². The van der Waals surface area contributed by atoms with Crippen molar-refractivity contribution in [1.29, 1.82) is 0 Å². The van der Waals surface area contributed by atoms with Crippen LogP contribution in [0, 0.1) is 0 Å². The molecule has 0 amide bonds. The Bertz CT molecular complexity index is 3060. The minimum atomic E-state index is 0.160. The Morgan fingerprint density at radius 2 is 1.24 bits per heavy atom. The molecule has 0 saturated carbocycles. The third kappa shape index (κ3) is 3.29. The maximum absolute atomic E-state index is 6.41. The zero-order chi connectivity index (χ0) is 31.8. The number of nitrogens with zero attached hydrogens (tertiary/aromatic N) is 2. The highest BCUT2D eigenvalue weighted by atomic mass is 16.3. The van der Waals surface area contributed by atoms with Crippen molar-refractivity contribution in [3.8, 4) is 16.8 Å². The number of benzene rings is 6. The number of allylic oxidation sites excluding steroid dienone is 2. The van der Waals surface area contributed by atoms with Crippen molar-refractivity contribution in [3.63, 3.8) is 0 Å². The summed E-state index contributed by atoms with van der Waals surface area (Å²) in [5, 5.41) is 16.4. The third-order valence-electron chi connectivity index (χ3n) is 10.9. The highest BCUT2D eigenvalue weighted by Gasteiger charge is 2.33. The standard InChI is InChI=1S/C44H28N4O/c1-2-10-27(11-3-1)47-36-16-8-4-12-28(36)29-19-18-25(24-37(29)47)26-22-32-30-20-21-39-40(31-13-5-9-17-38(31)49-39)43(30)48-42(32)33(23-26)41-44(48)46-35-15-7-6-14-34(35)45-41/h1-24,34-35,45-46H. The number of rotatable bonds is 2. The van der Waals surface area contributed by atoms with Gasteiger partial charge in [-0.1, -0.05) is 91.0 Å². The second kappa shape index (κ2) is 9.12. The minimum absolute atomic E-state index is 0.160. The van der Waals surface area contributed by atoms with Gasteiger partial charge in [-0.15, -0.1) is 0 Å². The first kappa shape index (κ1) is 25.6. The predicted octanol–water partition coefficient (Wildman–Crippen LogP) is 11.0. The zero-order valence-electron chi connectivity index (χ0n) is 26.3. The summed E-state index contributed by atoms with van der Waals surface area (Å²) in [6, 6.07) is 44.3. The minimum Gasteiger partial charge on any atom is -0.456 e. The number of nitrogens with one attached hydrogen (secondary N) is 2. The van der Waals surface area contributed by atoms with Crippen molar-refractivity contribution < 1.29 is 4.42 Å². The van der Waals surface area contributed by atoms with Crippen LogP contribution in [0.3, 0.4) is 0 Å². The van der Waals surface area contributed by atoms with Crippen LogP contribution in [-0.2, 0) is 0 Å². The van der Waals surface area contributed by atoms with E-state index >= 15 is 0 Å². The van der Waals surface area contributed by atoms with E-state index in [1.165, 1.54) is 60.1 Å². The second-order valence-corrected chi connectivity index (χ2v) is 13.4. The molecule has 230 valence electrons. The summed E-state index contributed by atoms with van der Waals surface area (Å²) in [6.45, 7) is 0. The molecule has 5 heterocycles. The largest absolute Gasteiger partial charge is 0.456 e. The van der Waals surface area contributed by atoms with Crippen LogP contribution in [0.25, 0.3) is 87.8 Å². The first-order valence-corrected chi connectivity index (χ1v) is 16.9. The molecule has 2 N–H and O–H groups in total. The van der Waals surface area contributed by atoms with Crippen molar-refractivity contribution >= 4 is 82.4 Å². The zero-order valence-corrected chi connectivity index (χ0v) is 26.3. The van der Waals surface area contributed by atoms with Gasteiger partial charge in [0.05, 0.1) is 45.2 Å². The van der Waals surface area contributed by atoms with Gasteiger partial charge in [0.1, 0.15) is 17.0 Å². The van der Waals surface area contributed by atoms with Crippen molar-refractivity contribution in [2.24, 2.45) is 0 Å². The summed E-state index contributed by atoms with van der Waals surface area (Å²) in [6.07, 6.45) is 8.78. The molecule has 2 aliphatic rings. The van der Waals surface area contributed by atoms with E-state index in [0.717, 1.165) is 39.1 Å². The summed E-state index contributed by atoms with van der Waals surface area (Å²) >= 11 is 0. The fraction of sp³-hybridized carbons (Fsp3) is 0.0455. The quantitative estimate of drug-likeness (QED) is 0.200. The lowest BCUT2D eigenvalue weighted by atomic mass is 9.97. The van der Waals surface area contributed by atoms with Crippen molar-refractivity contribution in [2.75, 3.05) is 10.6 Å². The lowest BCUT2D eigenvalue weighted by molar-refractivity contribution is 0.669. The fourth-order valence-corrected chi connectivity index (χ4v) is 8.76. The Hall–Kier alpha value is -6.46. The van der Waals surface area contributed by atoms with Crippen LogP contribution in [0.1, 0.15) is 0 Å². The molecule has 5 nitrogen and oxygen atoms in total. The van der Waals surface area contributed by atoms with Crippen LogP contribution >= 0.6 is 0 Å². The molecule has 1 aliphatic carbocycles.